The molecule has 7 heteroatoms. The lowest BCUT2D eigenvalue weighted by Crippen LogP contribution is -2.42. The number of halogens is 2. The van der Waals surface area contributed by atoms with Gasteiger partial charge in [0.1, 0.15) is 18.5 Å². The Hall–Kier alpha value is -2.11. The van der Waals surface area contributed by atoms with Crippen LogP contribution >= 0.6 is 23.2 Å². The van der Waals surface area contributed by atoms with Crippen molar-refractivity contribution in [1.29, 1.82) is 0 Å². The van der Waals surface area contributed by atoms with Gasteiger partial charge in [-0.1, -0.05) is 35.3 Å². The van der Waals surface area contributed by atoms with Gasteiger partial charge in [0, 0.05) is 6.07 Å². The maximum Gasteiger partial charge on any atom is 0.258 e. The van der Waals surface area contributed by atoms with Crippen molar-refractivity contribution in [3.63, 3.8) is 0 Å². The summed E-state index contributed by atoms with van der Waals surface area (Å²) in [5.74, 6) is 1.60. The van der Waals surface area contributed by atoms with Crippen molar-refractivity contribution in [3.8, 4) is 17.2 Å². The van der Waals surface area contributed by atoms with Crippen LogP contribution in [-0.2, 0) is 4.79 Å². The normalized spacial score (nSPS) is 15.7. The summed E-state index contributed by atoms with van der Waals surface area (Å²) in [5.41, 5.74) is 0. The van der Waals surface area contributed by atoms with E-state index in [-0.39, 0.29) is 18.6 Å². The molecule has 126 valence electrons. The van der Waals surface area contributed by atoms with Gasteiger partial charge in [-0.2, -0.15) is 0 Å². The van der Waals surface area contributed by atoms with Gasteiger partial charge in [0.2, 0.25) is 0 Å². The fourth-order valence-electron chi connectivity index (χ4n) is 2.16. The largest absolute Gasteiger partial charge is 0.486 e. The van der Waals surface area contributed by atoms with E-state index in [9.17, 15) is 4.79 Å². The van der Waals surface area contributed by atoms with E-state index in [1.807, 2.05) is 24.3 Å². The molecule has 1 atom stereocenters. The monoisotopic (exact) mass is 367 g/mol. The van der Waals surface area contributed by atoms with Gasteiger partial charge in [0.05, 0.1) is 16.6 Å². The molecule has 0 fully saturated rings. The molecule has 0 aliphatic carbocycles. The second-order valence-electron chi connectivity index (χ2n) is 5.17. The predicted octanol–water partition coefficient (Wildman–Crippen LogP) is 3.33. The Morgan fingerprint density at radius 3 is 2.75 bits per heavy atom. The number of nitrogens with one attached hydrogen (secondary N) is 1. The number of rotatable bonds is 5. The van der Waals surface area contributed by atoms with Crippen molar-refractivity contribution in [2.75, 3.05) is 19.8 Å². The Morgan fingerprint density at radius 1 is 1.17 bits per heavy atom. The van der Waals surface area contributed by atoms with E-state index in [0.717, 1.165) is 0 Å². The third-order valence-electron chi connectivity index (χ3n) is 3.36. The van der Waals surface area contributed by atoms with Gasteiger partial charge in [-0.3, -0.25) is 4.79 Å². The SMILES string of the molecule is O=C(COc1ccc(Cl)c(Cl)c1)NCC1COc2ccccc2O1. The van der Waals surface area contributed by atoms with E-state index >= 15 is 0 Å². The molecule has 2 aromatic rings. The number of carbonyl (C=O) groups is 1. The third-order valence-corrected chi connectivity index (χ3v) is 4.09. The molecule has 1 aliphatic rings. The Balaban J connectivity index is 1.44. The number of fused-ring (bicyclic) bond motifs is 1. The topological polar surface area (TPSA) is 56.8 Å². The fraction of sp³-hybridized carbons (Fsp3) is 0.235. The van der Waals surface area contributed by atoms with Crippen LogP contribution in [0.5, 0.6) is 17.2 Å². The molecular formula is C17H15Cl2NO4. The summed E-state index contributed by atoms with van der Waals surface area (Å²) in [4.78, 5) is 11.9. The lowest BCUT2D eigenvalue weighted by Gasteiger charge is -2.26. The smallest absolute Gasteiger partial charge is 0.258 e. The average Bonchev–Trinajstić information content (AvgIpc) is 2.60. The quantitative estimate of drug-likeness (QED) is 0.880. The molecule has 0 radical (unpaired) electrons. The highest BCUT2D eigenvalue weighted by molar-refractivity contribution is 6.42. The molecule has 0 saturated heterocycles. The molecule has 3 rings (SSSR count). The summed E-state index contributed by atoms with van der Waals surface area (Å²) in [6.45, 7) is 0.588. The minimum absolute atomic E-state index is 0.123. The molecule has 1 unspecified atom stereocenters. The summed E-state index contributed by atoms with van der Waals surface area (Å²) in [7, 11) is 0. The van der Waals surface area contributed by atoms with Crippen molar-refractivity contribution in [1.82, 2.24) is 5.32 Å². The highest BCUT2D eigenvalue weighted by Gasteiger charge is 2.21. The zero-order valence-electron chi connectivity index (χ0n) is 12.6. The lowest BCUT2D eigenvalue weighted by atomic mass is 10.2. The minimum Gasteiger partial charge on any atom is -0.486 e. The zero-order chi connectivity index (χ0) is 16.9. The number of para-hydroxylation sites is 2. The van der Waals surface area contributed by atoms with Crippen LogP contribution in [0.25, 0.3) is 0 Å². The first-order valence-electron chi connectivity index (χ1n) is 7.35. The van der Waals surface area contributed by atoms with Crippen molar-refractivity contribution in [3.05, 3.63) is 52.5 Å². The summed E-state index contributed by atoms with van der Waals surface area (Å²) in [6.07, 6.45) is -0.242. The molecule has 0 aromatic heterocycles. The van der Waals surface area contributed by atoms with Crippen LogP contribution in [0, 0.1) is 0 Å². The zero-order valence-corrected chi connectivity index (χ0v) is 14.1. The summed E-state index contributed by atoms with van der Waals surface area (Å²) in [5, 5.41) is 3.56. The molecule has 1 heterocycles. The number of amides is 1. The van der Waals surface area contributed by atoms with E-state index in [2.05, 4.69) is 5.32 Å². The van der Waals surface area contributed by atoms with Crippen LogP contribution in [-0.4, -0.2) is 31.8 Å². The molecular weight excluding hydrogens is 353 g/mol. The first-order valence-corrected chi connectivity index (χ1v) is 8.10. The maximum absolute atomic E-state index is 11.9. The highest BCUT2D eigenvalue weighted by atomic mass is 35.5. The van der Waals surface area contributed by atoms with Gasteiger partial charge in [0.15, 0.2) is 18.1 Å². The molecule has 0 spiro atoms. The van der Waals surface area contributed by atoms with Gasteiger partial charge in [-0.25, -0.2) is 0 Å². The second-order valence-corrected chi connectivity index (χ2v) is 5.98. The number of hydrogen-bond donors (Lipinski definition) is 1. The molecule has 0 bridgehead atoms. The highest BCUT2D eigenvalue weighted by Crippen LogP contribution is 2.30. The van der Waals surface area contributed by atoms with Gasteiger partial charge < -0.3 is 19.5 Å². The molecule has 1 aliphatic heterocycles. The van der Waals surface area contributed by atoms with E-state index in [1.54, 1.807) is 18.2 Å². The molecule has 1 N–H and O–H groups in total. The van der Waals surface area contributed by atoms with E-state index < -0.39 is 0 Å². The average molecular weight is 368 g/mol. The van der Waals surface area contributed by atoms with E-state index in [4.69, 9.17) is 37.4 Å². The predicted molar refractivity (Wildman–Crippen MR) is 91.3 cm³/mol. The van der Waals surface area contributed by atoms with Crippen LogP contribution in [0.1, 0.15) is 0 Å². The second kappa shape index (κ2) is 7.64. The Morgan fingerprint density at radius 2 is 1.96 bits per heavy atom. The third kappa shape index (κ3) is 4.24. The fourth-order valence-corrected chi connectivity index (χ4v) is 2.45. The van der Waals surface area contributed by atoms with Crippen LogP contribution in [0.2, 0.25) is 10.0 Å². The Bertz CT molecular complexity index is 738. The van der Waals surface area contributed by atoms with Crippen LogP contribution < -0.4 is 19.5 Å². The Labute approximate surface area is 149 Å². The maximum atomic E-state index is 11.9. The van der Waals surface area contributed by atoms with E-state index in [0.29, 0.717) is 40.4 Å². The molecule has 5 nitrogen and oxygen atoms in total. The van der Waals surface area contributed by atoms with Crippen LogP contribution in [0.4, 0.5) is 0 Å². The molecule has 0 saturated carbocycles. The summed E-state index contributed by atoms with van der Waals surface area (Å²) in [6, 6.07) is 12.2. The van der Waals surface area contributed by atoms with Gasteiger partial charge in [-0.05, 0) is 24.3 Å². The van der Waals surface area contributed by atoms with Crippen molar-refractivity contribution < 1.29 is 19.0 Å². The molecule has 1 amide bonds. The number of ether oxygens (including phenoxy) is 3. The van der Waals surface area contributed by atoms with Crippen molar-refractivity contribution in [2.45, 2.75) is 6.10 Å². The summed E-state index contributed by atoms with van der Waals surface area (Å²) >= 11 is 11.7. The standard InChI is InChI=1S/C17H15Cl2NO4/c18-13-6-5-11(7-14(13)19)22-10-17(21)20-8-12-9-23-15-3-1-2-4-16(15)24-12/h1-7,12H,8-10H2,(H,20,21). The summed E-state index contributed by atoms with van der Waals surface area (Å²) < 4.78 is 16.7. The minimum atomic E-state index is -0.261. The number of benzene rings is 2. The van der Waals surface area contributed by atoms with Crippen molar-refractivity contribution >= 4 is 29.1 Å². The Kier molecular flexibility index (Phi) is 5.33. The molecule has 24 heavy (non-hydrogen) atoms. The van der Waals surface area contributed by atoms with E-state index in [1.165, 1.54) is 0 Å². The van der Waals surface area contributed by atoms with Crippen LogP contribution in [0.15, 0.2) is 42.5 Å². The first kappa shape index (κ1) is 16.7. The van der Waals surface area contributed by atoms with Gasteiger partial charge in [0.25, 0.3) is 5.91 Å². The molecule has 2 aromatic carbocycles. The van der Waals surface area contributed by atoms with Gasteiger partial charge in [-0.15, -0.1) is 0 Å². The van der Waals surface area contributed by atoms with Crippen LogP contribution in [0.3, 0.4) is 0 Å². The van der Waals surface area contributed by atoms with Crippen molar-refractivity contribution in [2.24, 2.45) is 0 Å². The number of hydrogen-bond acceptors (Lipinski definition) is 4. The van der Waals surface area contributed by atoms with Gasteiger partial charge >= 0.3 is 0 Å². The lowest BCUT2D eigenvalue weighted by molar-refractivity contribution is -0.123. The first-order chi connectivity index (χ1) is 11.6. The number of carbonyl (C=O) groups excluding carboxylic acids is 1.